The summed E-state index contributed by atoms with van der Waals surface area (Å²) in [6.07, 6.45) is 0. The predicted molar refractivity (Wildman–Crippen MR) is 60.0 cm³/mol. The van der Waals surface area contributed by atoms with Crippen LogP contribution in [0.1, 0.15) is 34.6 Å². The van der Waals surface area contributed by atoms with Gasteiger partial charge < -0.3 is 5.32 Å². The molecule has 1 atom stereocenters. The fourth-order valence-electron chi connectivity index (χ4n) is 0.753. The number of halogens is 1. The van der Waals surface area contributed by atoms with Crippen LogP contribution in [0.3, 0.4) is 0 Å². The van der Waals surface area contributed by atoms with Crippen molar-refractivity contribution in [2.24, 2.45) is 11.3 Å². The van der Waals surface area contributed by atoms with Gasteiger partial charge in [0.15, 0.2) is 0 Å². The normalized spacial score (nSPS) is 14.4. The summed E-state index contributed by atoms with van der Waals surface area (Å²) < 4.78 is 0. The van der Waals surface area contributed by atoms with Gasteiger partial charge >= 0.3 is 0 Å². The second-order valence-electron chi connectivity index (χ2n) is 4.92. The Balaban J connectivity index is 3.89. The van der Waals surface area contributed by atoms with E-state index in [-0.39, 0.29) is 16.1 Å². The zero-order valence-corrected chi connectivity index (χ0v) is 10.7. The number of nitrogens with one attached hydrogen (secondary N) is 1. The molecule has 0 rings (SSSR count). The van der Waals surface area contributed by atoms with Crippen LogP contribution in [0, 0.1) is 11.3 Å². The molecular weight excluding hydrogens is 230 g/mol. The molecule has 3 heteroatoms. The van der Waals surface area contributed by atoms with Gasteiger partial charge in [0.2, 0.25) is 5.91 Å². The molecule has 0 saturated heterocycles. The maximum atomic E-state index is 11.5. The molecule has 0 aromatic carbocycles. The molecule has 78 valence electrons. The van der Waals surface area contributed by atoms with E-state index >= 15 is 0 Å². The average molecular weight is 250 g/mol. The van der Waals surface area contributed by atoms with Crippen molar-refractivity contribution >= 4 is 21.8 Å². The monoisotopic (exact) mass is 249 g/mol. The zero-order valence-electron chi connectivity index (χ0n) is 9.15. The van der Waals surface area contributed by atoms with E-state index in [1.165, 1.54) is 0 Å². The Hall–Kier alpha value is -0.0500. The third-order valence-electron chi connectivity index (χ3n) is 1.63. The van der Waals surface area contributed by atoms with Gasteiger partial charge in [0.05, 0.1) is 4.83 Å². The summed E-state index contributed by atoms with van der Waals surface area (Å²) in [6, 6.07) is 0. The molecule has 0 heterocycles. The van der Waals surface area contributed by atoms with Gasteiger partial charge in [-0.15, -0.1) is 0 Å². The molecule has 1 N–H and O–H groups in total. The number of carbonyl (C=O) groups excluding carboxylic acids is 1. The maximum absolute atomic E-state index is 11.5. The van der Waals surface area contributed by atoms with Crippen molar-refractivity contribution in [2.45, 2.75) is 39.4 Å². The summed E-state index contributed by atoms with van der Waals surface area (Å²) >= 11 is 3.36. The van der Waals surface area contributed by atoms with Crippen LogP contribution in [-0.2, 0) is 4.79 Å². The fourth-order valence-corrected chi connectivity index (χ4v) is 0.914. The molecular formula is C10H20BrNO. The number of alkyl halides is 1. The molecule has 0 aliphatic heterocycles. The van der Waals surface area contributed by atoms with Crippen molar-refractivity contribution in [3.8, 4) is 0 Å². The van der Waals surface area contributed by atoms with Gasteiger partial charge in [-0.05, 0) is 11.3 Å². The van der Waals surface area contributed by atoms with E-state index < -0.39 is 0 Å². The lowest BCUT2D eigenvalue weighted by Crippen LogP contribution is -2.38. The maximum Gasteiger partial charge on any atom is 0.234 e. The zero-order chi connectivity index (χ0) is 10.6. The van der Waals surface area contributed by atoms with E-state index in [9.17, 15) is 4.79 Å². The minimum absolute atomic E-state index is 0.0742. The molecule has 0 spiro atoms. The summed E-state index contributed by atoms with van der Waals surface area (Å²) in [5.41, 5.74) is 0.152. The lowest BCUT2D eigenvalue weighted by molar-refractivity contribution is -0.121. The summed E-state index contributed by atoms with van der Waals surface area (Å²) in [7, 11) is 0. The molecule has 0 aliphatic carbocycles. The van der Waals surface area contributed by atoms with Crippen molar-refractivity contribution in [1.29, 1.82) is 0 Å². The lowest BCUT2D eigenvalue weighted by Gasteiger charge is -2.21. The summed E-state index contributed by atoms with van der Waals surface area (Å²) in [5.74, 6) is 0.421. The highest BCUT2D eigenvalue weighted by atomic mass is 79.9. The molecule has 0 radical (unpaired) electrons. The summed E-state index contributed by atoms with van der Waals surface area (Å²) in [4.78, 5) is 11.4. The van der Waals surface area contributed by atoms with Crippen LogP contribution in [-0.4, -0.2) is 17.3 Å². The minimum Gasteiger partial charge on any atom is -0.355 e. The molecule has 0 saturated carbocycles. The number of hydrogen-bond donors (Lipinski definition) is 1. The largest absolute Gasteiger partial charge is 0.355 e. The minimum atomic E-state index is -0.0742. The van der Waals surface area contributed by atoms with Gasteiger partial charge in [-0.1, -0.05) is 50.5 Å². The second kappa shape index (κ2) is 4.99. The van der Waals surface area contributed by atoms with Crippen molar-refractivity contribution < 1.29 is 4.79 Å². The number of amides is 1. The highest BCUT2D eigenvalue weighted by Gasteiger charge is 2.20. The van der Waals surface area contributed by atoms with Crippen molar-refractivity contribution in [3.05, 3.63) is 0 Å². The quantitative estimate of drug-likeness (QED) is 0.766. The van der Waals surface area contributed by atoms with E-state index in [0.717, 1.165) is 6.54 Å². The molecule has 1 unspecified atom stereocenters. The third-order valence-corrected chi connectivity index (χ3v) is 3.10. The van der Waals surface area contributed by atoms with Crippen LogP contribution in [0.2, 0.25) is 0 Å². The van der Waals surface area contributed by atoms with Crippen molar-refractivity contribution in [3.63, 3.8) is 0 Å². The molecule has 13 heavy (non-hydrogen) atoms. The second-order valence-corrected chi connectivity index (χ2v) is 5.91. The third kappa shape index (κ3) is 6.08. The first-order chi connectivity index (χ1) is 5.74. The number of hydrogen-bond acceptors (Lipinski definition) is 1. The number of carbonyl (C=O) groups is 1. The van der Waals surface area contributed by atoms with Crippen LogP contribution in [0.15, 0.2) is 0 Å². The molecule has 1 amide bonds. The van der Waals surface area contributed by atoms with Crippen LogP contribution in [0.4, 0.5) is 0 Å². The first-order valence-electron chi connectivity index (χ1n) is 4.66. The SMILES string of the molecule is CC(C)C(Br)C(=O)NCC(C)(C)C. The molecule has 0 fully saturated rings. The number of rotatable bonds is 3. The average Bonchev–Trinajstić information content (AvgIpc) is 1.97. The first-order valence-corrected chi connectivity index (χ1v) is 5.57. The lowest BCUT2D eigenvalue weighted by atomic mass is 9.97. The summed E-state index contributed by atoms with van der Waals surface area (Å²) in [6.45, 7) is 11.1. The van der Waals surface area contributed by atoms with Gasteiger partial charge in [-0.25, -0.2) is 0 Å². The molecule has 0 aromatic rings. The van der Waals surface area contributed by atoms with E-state index in [1.54, 1.807) is 0 Å². The van der Waals surface area contributed by atoms with Crippen LogP contribution in [0.5, 0.6) is 0 Å². The molecule has 0 aromatic heterocycles. The van der Waals surface area contributed by atoms with Crippen molar-refractivity contribution in [1.82, 2.24) is 5.32 Å². The van der Waals surface area contributed by atoms with Gasteiger partial charge in [0.25, 0.3) is 0 Å². The molecule has 2 nitrogen and oxygen atoms in total. The Morgan fingerprint density at radius 1 is 1.38 bits per heavy atom. The van der Waals surface area contributed by atoms with Gasteiger partial charge in [0, 0.05) is 6.54 Å². The Morgan fingerprint density at radius 2 is 1.85 bits per heavy atom. The van der Waals surface area contributed by atoms with Crippen molar-refractivity contribution in [2.75, 3.05) is 6.54 Å². The highest BCUT2D eigenvalue weighted by molar-refractivity contribution is 9.10. The standard InChI is InChI=1S/C10H20BrNO/c1-7(2)8(11)9(13)12-6-10(3,4)5/h7-8H,6H2,1-5H3,(H,12,13). The van der Waals surface area contributed by atoms with Crippen LogP contribution >= 0.6 is 15.9 Å². The topological polar surface area (TPSA) is 29.1 Å². The smallest absolute Gasteiger partial charge is 0.234 e. The first kappa shape index (κ1) is 12.9. The van der Waals surface area contributed by atoms with E-state index in [2.05, 4.69) is 42.0 Å². The van der Waals surface area contributed by atoms with E-state index in [4.69, 9.17) is 0 Å². The predicted octanol–water partition coefficient (Wildman–Crippen LogP) is 2.57. The van der Waals surface area contributed by atoms with Gasteiger partial charge in [-0.3, -0.25) is 4.79 Å². The van der Waals surface area contributed by atoms with E-state index in [1.807, 2.05) is 13.8 Å². The van der Waals surface area contributed by atoms with Gasteiger partial charge in [-0.2, -0.15) is 0 Å². The Morgan fingerprint density at radius 3 is 2.15 bits per heavy atom. The summed E-state index contributed by atoms with van der Waals surface area (Å²) in [5, 5.41) is 2.92. The molecule has 0 aliphatic rings. The Labute approximate surface area is 89.6 Å². The van der Waals surface area contributed by atoms with Gasteiger partial charge in [0.1, 0.15) is 0 Å². The Bertz CT molecular complexity index is 172. The fraction of sp³-hybridized carbons (Fsp3) is 0.900. The van der Waals surface area contributed by atoms with Crippen LogP contribution in [0.25, 0.3) is 0 Å². The van der Waals surface area contributed by atoms with E-state index in [0.29, 0.717) is 5.92 Å². The molecule has 0 bridgehead atoms. The Kier molecular flexibility index (Phi) is 4.97. The van der Waals surface area contributed by atoms with Crippen LogP contribution < -0.4 is 5.32 Å². The highest BCUT2D eigenvalue weighted by Crippen LogP contribution is 2.14.